The Labute approximate surface area is 80.6 Å². The molecule has 3 heteroatoms. The topological polar surface area (TPSA) is 12.4 Å². The van der Waals surface area contributed by atoms with E-state index in [1.807, 2.05) is 0 Å². The van der Waals surface area contributed by atoms with Crippen LogP contribution in [-0.4, -0.2) is 5.04 Å². The maximum atomic E-state index is 4.55. The smallest absolute Gasteiger partial charge is 0 e. The van der Waals surface area contributed by atoms with Crippen molar-refractivity contribution < 1.29 is 32.7 Å². The molecule has 0 heterocycles. The quantitative estimate of drug-likeness (QED) is 0.185. The summed E-state index contributed by atoms with van der Waals surface area (Å²) in [6.45, 7) is 1.71. The Kier molecular flexibility index (Phi) is 10.4. The molecule has 0 aliphatic carbocycles. The van der Waals surface area contributed by atoms with E-state index in [9.17, 15) is 0 Å². The van der Waals surface area contributed by atoms with Crippen LogP contribution in [-0.2, 0) is 45.3 Å². The van der Waals surface area contributed by atoms with Gasteiger partial charge in [-0.15, -0.1) is 5.92 Å². The zero-order valence-electron chi connectivity index (χ0n) is 4.64. The third-order valence-electron chi connectivity index (χ3n) is 0.376. The Balaban J connectivity index is 0. The number of nitrogens with zero attached hydrogens (tertiary/aromatic N) is 1. The first-order valence-corrected chi connectivity index (χ1v) is 2.15. The average molecular weight is 200 g/mol. The maximum Gasteiger partial charge on any atom is 0 e. The fourth-order valence-electron chi connectivity index (χ4n) is 0.146. The van der Waals surface area contributed by atoms with Crippen molar-refractivity contribution in [1.29, 1.82) is 0 Å². The molecule has 0 rings (SSSR count). The van der Waals surface area contributed by atoms with Crippen LogP contribution in [0.4, 0.5) is 0 Å². The molecule has 0 bridgehead atoms. The Morgan fingerprint density at radius 1 is 1.75 bits per heavy atom. The van der Waals surface area contributed by atoms with Gasteiger partial charge in [-0.1, -0.05) is 0 Å². The van der Waals surface area contributed by atoms with Crippen molar-refractivity contribution in [2.75, 3.05) is 0 Å². The molecule has 0 N–H and O–H groups in total. The molecule has 0 saturated heterocycles. The molecular formula is C5H5NSY-2. The fraction of sp³-hybridized carbons (Fsp3) is 0.200. The molecule has 0 aliphatic heterocycles. The van der Waals surface area contributed by atoms with E-state index in [4.69, 9.17) is 0 Å². The van der Waals surface area contributed by atoms with E-state index in [1.54, 1.807) is 6.92 Å². The van der Waals surface area contributed by atoms with Gasteiger partial charge in [0, 0.05) is 32.7 Å². The summed E-state index contributed by atoms with van der Waals surface area (Å²) >= 11 is 4.55. The van der Waals surface area contributed by atoms with Crippen LogP contribution in [0.15, 0.2) is 4.99 Å². The van der Waals surface area contributed by atoms with Gasteiger partial charge >= 0.3 is 0 Å². The van der Waals surface area contributed by atoms with Crippen LogP contribution in [0.2, 0.25) is 0 Å². The molecule has 41 valence electrons. The summed E-state index contributed by atoms with van der Waals surface area (Å²) in [5, 5.41) is 0.363. The molecule has 0 atom stereocenters. The van der Waals surface area contributed by atoms with Crippen LogP contribution >= 0.6 is 0 Å². The van der Waals surface area contributed by atoms with Gasteiger partial charge in [0.2, 0.25) is 0 Å². The first kappa shape index (κ1) is 11.3. The molecular weight excluding hydrogens is 195 g/mol. The molecule has 1 radical (unpaired) electrons. The van der Waals surface area contributed by atoms with Crippen LogP contribution in [0.5, 0.6) is 0 Å². The first-order valence-electron chi connectivity index (χ1n) is 1.74. The Morgan fingerprint density at radius 3 is 2.38 bits per heavy atom. The van der Waals surface area contributed by atoms with Crippen molar-refractivity contribution in [2.24, 2.45) is 4.99 Å². The minimum atomic E-state index is 0. The van der Waals surface area contributed by atoms with E-state index in [1.165, 1.54) is 0 Å². The Hall–Kier alpha value is 0.424. The van der Waals surface area contributed by atoms with Gasteiger partial charge < -0.3 is 17.6 Å². The van der Waals surface area contributed by atoms with Crippen molar-refractivity contribution in [3.63, 3.8) is 0 Å². The number of hydrogen-bond donors (Lipinski definition) is 0. The second-order valence-corrected chi connectivity index (χ2v) is 1.22. The molecule has 0 fully saturated rings. The summed E-state index contributed by atoms with van der Waals surface area (Å²) in [6, 6.07) is 0. The van der Waals surface area contributed by atoms with E-state index in [0.717, 1.165) is 0 Å². The predicted molar refractivity (Wildman–Crippen MR) is 33.6 cm³/mol. The molecule has 0 spiro atoms. The predicted octanol–water partition coefficient (Wildman–Crippen LogP) is 0.744. The number of rotatable bonds is 0. The van der Waals surface area contributed by atoms with Crippen LogP contribution in [0, 0.1) is 18.9 Å². The second-order valence-electron chi connectivity index (χ2n) is 0.838. The summed E-state index contributed by atoms with van der Waals surface area (Å²) in [7, 11) is 3.19. The van der Waals surface area contributed by atoms with Gasteiger partial charge in [0.25, 0.3) is 0 Å². The van der Waals surface area contributed by atoms with E-state index < -0.39 is 0 Å². The number of hydrogen-bond acceptors (Lipinski definition) is 2. The number of aliphatic imine (C=N–C) groups is 1. The van der Waals surface area contributed by atoms with Crippen molar-refractivity contribution in [2.45, 2.75) is 6.92 Å². The van der Waals surface area contributed by atoms with E-state index in [0.29, 0.717) is 5.04 Å². The van der Waals surface area contributed by atoms with Crippen molar-refractivity contribution in [3.8, 4) is 11.8 Å². The van der Waals surface area contributed by atoms with Crippen molar-refractivity contribution >= 4 is 17.7 Å². The Bertz CT molecular complexity index is 131. The zero-order valence-corrected chi connectivity index (χ0v) is 8.29. The average Bonchev–Trinajstić information content (AvgIpc) is 1.68. The van der Waals surface area contributed by atoms with E-state index in [2.05, 4.69) is 36.5 Å². The van der Waals surface area contributed by atoms with Crippen LogP contribution in [0.3, 0.4) is 0 Å². The van der Waals surface area contributed by atoms with Crippen LogP contribution in [0.1, 0.15) is 6.92 Å². The van der Waals surface area contributed by atoms with Gasteiger partial charge in [0.1, 0.15) is 0 Å². The molecule has 0 amide bonds. The second kappa shape index (κ2) is 7.42. The monoisotopic (exact) mass is 200 g/mol. The summed E-state index contributed by atoms with van der Waals surface area (Å²) in [4.78, 5) is 3.39. The third kappa shape index (κ3) is 6.42. The largest absolute Gasteiger partial charge is 0.869 e. The fourth-order valence-corrected chi connectivity index (χ4v) is 0.249. The maximum absolute atomic E-state index is 4.55. The molecule has 0 saturated carbocycles. The Morgan fingerprint density at radius 2 is 2.25 bits per heavy atom. The van der Waals surface area contributed by atoms with Crippen molar-refractivity contribution in [1.82, 2.24) is 0 Å². The molecule has 0 unspecified atom stereocenters. The van der Waals surface area contributed by atoms with E-state index >= 15 is 0 Å². The molecule has 0 aromatic carbocycles. The summed E-state index contributed by atoms with van der Waals surface area (Å²) in [5.74, 6) is 5.14. The van der Waals surface area contributed by atoms with Gasteiger partial charge in [-0.05, 0) is 6.92 Å². The molecule has 1 nitrogen and oxygen atoms in total. The summed E-state index contributed by atoms with van der Waals surface area (Å²) in [5.41, 5.74) is 0. The summed E-state index contributed by atoms with van der Waals surface area (Å²) < 4.78 is 0. The minimum absolute atomic E-state index is 0. The summed E-state index contributed by atoms with van der Waals surface area (Å²) in [6.07, 6.45) is 0. The third-order valence-corrected chi connectivity index (χ3v) is 0.607. The van der Waals surface area contributed by atoms with Gasteiger partial charge in [-0.25, -0.2) is 0 Å². The SMILES string of the molecule is [CH2-]N=C([S-])C#CC.[Y]. The minimum Gasteiger partial charge on any atom is -0.869 e. The standard InChI is InChI=1S/C5H6NS.Y/c1-3-4-5(7)6-2;/h2H2,1H3,(H,6,7);/q-1;/p-1. The van der Waals surface area contributed by atoms with Crippen LogP contribution in [0.25, 0.3) is 0 Å². The van der Waals surface area contributed by atoms with Gasteiger partial charge in [0.05, 0.1) is 0 Å². The zero-order chi connectivity index (χ0) is 5.70. The first-order chi connectivity index (χ1) is 3.31. The van der Waals surface area contributed by atoms with Crippen molar-refractivity contribution in [3.05, 3.63) is 7.05 Å². The van der Waals surface area contributed by atoms with E-state index in [-0.39, 0.29) is 32.7 Å². The molecule has 0 aromatic heterocycles. The van der Waals surface area contributed by atoms with Gasteiger partial charge in [-0.2, -0.15) is 18.0 Å². The van der Waals surface area contributed by atoms with Gasteiger partial charge in [0.15, 0.2) is 0 Å². The van der Waals surface area contributed by atoms with Gasteiger partial charge in [-0.3, -0.25) is 0 Å². The van der Waals surface area contributed by atoms with Crippen LogP contribution < -0.4 is 0 Å². The molecule has 8 heavy (non-hydrogen) atoms. The molecule has 0 aliphatic rings. The molecule has 0 aromatic rings. The normalized spacial score (nSPS) is 8.38.